The zero-order chi connectivity index (χ0) is 15.1. The highest BCUT2D eigenvalue weighted by molar-refractivity contribution is 7.80. The lowest BCUT2D eigenvalue weighted by atomic mass is 10.1. The smallest absolute Gasteiger partial charge is 0.233 e. The zero-order valence-electron chi connectivity index (χ0n) is 11.8. The highest BCUT2D eigenvalue weighted by Gasteiger charge is 2.12. The second-order valence-electron chi connectivity index (χ2n) is 4.55. The fourth-order valence-electron chi connectivity index (χ4n) is 1.88. The fourth-order valence-corrected chi connectivity index (χ4v) is 2.01. The van der Waals surface area contributed by atoms with Crippen molar-refractivity contribution in [3.05, 3.63) is 35.1 Å². The topological polar surface area (TPSA) is 58.4 Å². The van der Waals surface area contributed by atoms with Crippen LogP contribution in [0.3, 0.4) is 0 Å². The second-order valence-corrected chi connectivity index (χ2v) is 4.99. The lowest BCUT2D eigenvalue weighted by molar-refractivity contribution is -0.121. The largest absolute Gasteiger partial charge is 0.389 e. The van der Waals surface area contributed by atoms with Gasteiger partial charge < -0.3 is 11.1 Å². The van der Waals surface area contributed by atoms with Crippen molar-refractivity contribution in [2.24, 2.45) is 5.73 Å². The van der Waals surface area contributed by atoms with E-state index in [-0.39, 0.29) is 23.3 Å². The van der Waals surface area contributed by atoms with Gasteiger partial charge in [0.2, 0.25) is 5.91 Å². The molecule has 1 aromatic carbocycles. The van der Waals surface area contributed by atoms with Gasteiger partial charge in [0.1, 0.15) is 10.8 Å². The van der Waals surface area contributed by atoms with Gasteiger partial charge in [-0.3, -0.25) is 9.69 Å². The highest BCUT2D eigenvalue weighted by Crippen LogP contribution is 2.13. The molecule has 0 saturated carbocycles. The lowest BCUT2D eigenvalue weighted by Gasteiger charge is -2.21. The van der Waals surface area contributed by atoms with Crippen LogP contribution in [0.1, 0.15) is 24.5 Å². The first-order valence-corrected chi connectivity index (χ1v) is 6.90. The molecule has 0 bridgehead atoms. The third-order valence-corrected chi connectivity index (χ3v) is 3.15. The fraction of sp³-hybridized carbons (Fsp3) is 0.429. The number of carbonyl (C=O) groups is 1. The molecule has 0 unspecified atom stereocenters. The molecule has 0 aliphatic rings. The van der Waals surface area contributed by atoms with Gasteiger partial charge in [-0.2, -0.15) is 0 Å². The maximum absolute atomic E-state index is 14.0. The Morgan fingerprint density at radius 2 is 2.20 bits per heavy atom. The van der Waals surface area contributed by atoms with Crippen LogP contribution in [0.4, 0.5) is 4.39 Å². The Labute approximate surface area is 124 Å². The molecule has 6 heteroatoms. The standard InChI is InChI=1S/C14H20FN3OS/c1-3-6-18(9-13(19)17-2)8-11-5-4-10(14(16)20)7-12(11)15/h4-5,7H,3,6,8-9H2,1-2H3,(H2,16,20)(H,17,19). The Balaban J connectivity index is 2.82. The molecule has 0 fully saturated rings. The Kier molecular flexibility index (Phi) is 6.54. The maximum atomic E-state index is 14.0. The van der Waals surface area contributed by atoms with Crippen molar-refractivity contribution in [2.45, 2.75) is 19.9 Å². The Morgan fingerprint density at radius 1 is 1.50 bits per heavy atom. The molecule has 1 rings (SSSR count). The summed E-state index contributed by atoms with van der Waals surface area (Å²) >= 11 is 4.81. The van der Waals surface area contributed by atoms with Crippen LogP contribution in [0, 0.1) is 5.82 Å². The average molecular weight is 297 g/mol. The van der Waals surface area contributed by atoms with Crippen LogP contribution in [-0.2, 0) is 11.3 Å². The van der Waals surface area contributed by atoms with Crippen molar-refractivity contribution < 1.29 is 9.18 Å². The van der Waals surface area contributed by atoms with Crippen molar-refractivity contribution >= 4 is 23.1 Å². The quantitative estimate of drug-likeness (QED) is 0.747. The third-order valence-electron chi connectivity index (χ3n) is 2.92. The summed E-state index contributed by atoms with van der Waals surface area (Å²) in [6, 6.07) is 4.70. The highest BCUT2D eigenvalue weighted by atomic mass is 32.1. The Morgan fingerprint density at radius 3 is 2.70 bits per heavy atom. The van der Waals surface area contributed by atoms with E-state index in [0.717, 1.165) is 13.0 Å². The van der Waals surface area contributed by atoms with Gasteiger partial charge >= 0.3 is 0 Å². The predicted molar refractivity (Wildman–Crippen MR) is 81.9 cm³/mol. The molecule has 0 atom stereocenters. The second kappa shape index (κ2) is 7.91. The third kappa shape index (κ3) is 4.86. The molecule has 3 N–H and O–H groups in total. The minimum absolute atomic E-state index is 0.0846. The number of benzene rings is 1. The summed E-state index contributed by atoms with van der Waals surface area (Å²) in [4.78, 5) is 13.5. The molecule has 0 aromatic heterocycles. The summed E-state index contributed by atoms with van der Waals surface area (Å²) in [5.74, 6) is -0.438. The number of hydrogen-bond donors (Lipinski definition) is 2. The average Bonchev–Trinajstić information content (AvgIpc) is 2.40. The molecule has 0 saturated heterocycles. The van der Waals surface area contributed by atoms with Gasteiger partial charge in [-0.1, -0.05) is 31.3 Å². The number of halogens is 1. The van der Waals surface area contributed by atoms with E-state index in [1.54, 1.807) is 19.2 Å². The van der Waals surface area contributed by atoms with E-state index in [2.05, 4.69) is 5.32 Å². The molecule has 4 nitrogen and oxygen atoms in total. The van der Waals surface area contributed by atoms with E-state index >= 15 is 0 Å². The van der Waals surface area contributed by atoms with Crippen LogP contribution in [0.15, 0.2) is 18.2 Å². The summed E-state index contributed by atoms with van der Waals surface area (Å²) in [7, 11) is 1.59. The maximum Gasteiger partial charge on any atom is 0.233 e. The van der Waals surface area contributed by atoms with Crippen LogP contribution in [0.2, 0.25) is 0 Å². The normalized spacial score (nSPS) is 10.6. The van der Waals surface area contributed by atoms with Crippen LogP contribution in [0.5, 0.6) is 0 Å². The predicted octanol–water partition coefficient (Wildman–Crippen LogP) is 1.42. The zero-order valence-corrected chi connectivity index (χ0v) is 12.6. The van der Waals surface area contributed by atoms with E-state index in [4.69, 9.17) is 18.0 Å². The van der Waals surface area contributed by atoms with E-state index in [0.29, 0.717) is 17.7 Å². The van der Waals surface area contributed by atoms with E-state index < -0.39 is 0 Å². The minimum Gasteiger partial charge on any atom is -0.389 e. The molecular formula is C14H20FN3OS. The van der Waals surface area contributed by atoms with Crippen molar-refractivity contribution in [1.82, 2.24) is 10.2 Å². The lowest BCUT2D eigenvalue weighted by Crippen LogP contribution is -2.35. The number of rotatable bonds is 7. The number of nitrogens with one attached hydrogen (secondary N) is 1. The molecule has 0 heterocycles. The number of hydrogen-bond acceptors (Lipinski definition) is 3. The van der Waals surface area contributed by atoms with Crippen LogP contribution < -0.4 is 11.1 Å². The first kappa shape index (κ1) is 16.5. The van der Waals surface area contributed by atoms with Crippen LogP contribution >= 0.6 is 12.2 Å². The summed E-state index contributed by atoms with van der Waals surface area (Å²) in [6.07, 6.45) is 0.892. The summed E-state index contributed by atoms with van der Waals surface area (Å²) in [6.45, 7) is 3.37. The molecule has 0 radical (unpaired) electrons. The Hall–Kier alpha value is -1.53. The first-order chi connectivity index (χ1) is 9.47. The van der Waals surface area contributed by atoms with Gasteiger partial charge in [-0.15, -0.1) is 0 Å². The number of amides is 1. The summed E-state index contributed by atoms with van der Waals surface area (Å²) in [5.41, 5.74) is 6.51. The molecular weight excluding hydrogens is 277 g/mol. The van der Waals surface area contributed by atoms with Gasteiger partial charge in [0, 0.05) is 24.7 Å². The van der Waals surface area contributed by atoms with Gasteiger partial charge in [0.05, 0.1) is 6.54 Å². The van der Waals surface area contributed by atoms with Gasteiger partial charge in [-0.05, 0) is 19.0 Å². The molecule has 1 amide bonds. The number of nitrogens with zero attached hydrogens (tertiary/aromatic N) is 1. The Bertz CT molecular complexity index is 493. The van der Waals surface area contributed by atoms with Crippen LogP contribution in [0.25, 0.3) is 0 Å². The van der Waals surface area contributed by atoms with Crippen molar-refractivity contribution in [2.75, 3.05) is 20.1 Å². The molecule has 0 aliphatic carbocycles. The van der Waals surface area contributed by atoms with Crippen LogP contribution in [-0.4, -0.2) is 35.9 Å². The molecule has 0 spiro atoms. The van der Waals surface area contributed by atoms with E-state index in [1.807, 2.05) is 11.8 Å². The van der Waals surface area contributed by atoms with E-state index in [9.17, 15) is 9.18 Å². The molecule has 110 valence electrons. The first-order valence-electron chi connectivity index (χ1n) is 6.49. The van der Waals surface area contributed by atoms with Gasteiger partial charge in [0.25, 0.3) is 0 Å². The monoisotopic (exact) mass is 297 g/mol. The van der Waals surface area contributed by atoms with Crippen molar-refractivity contribution in [3.8, 4) is 0 Å². The summed E-state index contributed by atoms with van der Waals surface area (Å²) < 4.78 is 14.0. The minimum atomic E-state index is -0.353. The van der Waals surface area contributed by atoms with Gasteiger partial charge in [0.15, 0.2) is 0 Å². The van der Waals surface area contributed by atoms with E-state index in [1.165, 1.54) is 6.07 Å². The van der Waals surface area contributed by atoms with Gasteiger partial charge in [-0.25, -0.2) is 4.39 Å². The van der Waals surface area contributed by atoms with Crippen molar-refractivity contribution in [1.29, 1.82) is 0 Å². The number of carbonyl (C=O) groups excluding carboxylic acids is 1. The number of nitrogens with two attached hydrogens (primary N) is 1. The number of likely N-dealkylation sites (N-methyl/N-ethyl adjacent to an activating group) is 1. The molecule has 1 aromatic rings. The summed E-state index contributed by atoms with van der Waals surface area (Å²) in [5, 5.41) is 2.57. The SMILES string of the molecule is CCCN(CC(=O)NC)Cc1ccc(C(N)=S)cc1F. The molecule has 0 aliphatic heterocycles. The molecule has 20 heavy (non-hydrogen) atoms. The van der Waals surface area contributed by atoms with Crippen molar-refractivity contribution in [3.63, 3.8) is 0 Å². The number of thiocarbonyl (C=S) groups is 1.